The van der Waals surface area contributed by atoms with Crippen LogP contribution in [0, 0.1) is 11.3 Å². The second-order valence-corrected chi connectivity index (χ2v) is 6.44. The number of rotatable bonds is 3. The molecule has 1 fully saturated rings. The molecule has 0 spiro atoms. The summed E-state index contributed by atoms with van der Waals surface area (Å²) in [5.41, 5.74) is -1.60. The van der Waals surface area contributed by atoms with E-state index in [-0.39, 0.29) is 5.91 Å². The van der Waals surface area contributed by atoms with E-state index >= 15 is 0 Å². The van der Waals surface area contributed by atoms with Gasteiger partial charge in [0.15, 0.2) is 0 Å². The van der Waals surface area contributed by atoms with Crippen LogP contribution in [0.1, 0.15) is 59.8 Å². The van der Waals surface area contributed by atoms with Crippen LogP contribution in [0.25, 0.3) is 0 Å². The Kier molecular flexibility index (Phi) is 4.41. The molecule has 1 rings (SSSR count). The monoisotopic (exact) mass is 255 g/mol. The predicted octanol–water partition coefficient (Wildman–Crippen LogP) is 2.57. The highest BCUT2D eigenvalue weighted by Gasteiger charge is 2.44. The van der Waals surface area contributed by atoms with Gasteiger partial charge < -0.3 is 10.4 Å². The van der Waals surface area contributed by atoms with Gasteiger partial charge in [0.05, 0.1) is 0 Å². The minimum Gasteiger partial charge on any atom is -0.480 e. The summed E-state index contributed by atoms with van der Waals surface area (Å²) in [6.07, 6.45) is 3.94. The standard InChI is InChI=1S/C14H25NO3/c1-5-10-6-8-14(9-7-10,12(17)18)15-11(16)13(2,3)4/h10H,5-9H2,1-4H3,(H,15,16)(H,17,18). The van der Waals surface area contributed by atoms with Gasteiger partial charge in [-0.1, -0.05) is 34.1 Å². The number of nitrogens with one attached hydrogen (secondary N) is 1. The molecule has 104 valence electrons. The molecule has 4 nitrogen and oxygen atoms in total. The van der Waals surface area contributed by atoms with Crippen molar-refractivity contribution in [2.45, 2.75) is 65.3 Å². The molecule has 18 heavy (non-hydrogen) atoms. The molecule has 1 aliphatic rings. The van der Waals surface area contributed by atoms with Crippen LogP contribution in [0.4, 0.5) is 0 Å². The number of amides is 1. The van der Waals surface area contributed by atoms with Crippen LogP contribution in [0.5, 0.6) is 0 Å². The highest BCUT2D eigenvalue weighted by molar-refractivity contribution is 5.89. The fourth-order valence-corrected chi connectivity index (χ4v) is 2.38. The van der Waals surface area contributed by atoms with Crippen LogP contribution in [0.3, 0.4) is 0 Å². The molecule has 0 saturated heterocycles. The normalized spacial score (nSPS) is 28.8. The van der Waals surface area contributed by atoms with E-state index in [1.807, 2.05) is 0 Å². The molecule has 0 aromatic carbocycles. The van der Waals surface area contributed by atoms with Gasteiger partial charge in [-0.3, -0.25) is 4.79 Å². The van der Waals surface area contributed by atoms with Gasteiger partial charge in [0.1, 0.15) is 5.54 Å². The molecule has 0 atom stereocenters. The van der Waals surface area contributed by atoms with Crippen molar-refractivity contribution in [1.29, 1.82) is 0 Å². The van der Waals surface area contributed by atoms with E-state index in [0.717, 1.165) is 19.3 Å². The first kappa shape index (κ1) is 15.0. The third-order valence-corrected chi connectivity index (χ3v) is 3.98. The fourth-order valence-electron chi connectivity index (χ4n) is 2.38. The Balaban J connectivity index is 2.78. The summed E-state index contributed by atoms with van der Waals surface area (Å²) in [7, 11) is 0. The molecule has 2 N–H and O–H groups in total. The Hall–Kier alpha value is -1.06. The second kappa shape index (κ2) is 5.29. The number of aliphatic carboxylic acids is 1. The summed E-state index contributed by atoms with van der Waals surface area (Å²) in [6.45, 7) is 7.53. The lowest BCUT2D eigenvalue weighted by Gasteiger charge is -2.38. The molecule has 0 aliphatic heterocycles. The summed E-state index contributed by atoms with van der Waals surface area (Å²) in [5, 5.41) is 12.2. The van der Waals surface area contributed by atoms with Gasteiger partial charge in [-0.15, -0.1) is 0 Å². The Morgan fingerprint density at radius 3 is 2.11 bits per heavy atom. The van der Waals surface area contributed by atoms with Crippen molar-refractivity contribution >= 4 is 11.9 Å². The number of hydrogen-bond acceptors (Lipinski definition) is 2. The van der Waals surface area contributed by atoms with Crippen molar-refractivity contribution in [2.75, 3.05) is 0 Å². The zero-order valence-corrected chi connectivity index (χ0v) is 11.9. The maximum Gasteiger partial charge on any atom is 0.329 e. The summed E-state index contributed by atoms with van der Waals surface area (Å²) < 4.78 is 0. The molecule has 0 aromatic heterocycles. The average Bonchev–Trinajstić information content (AvgIpc) is 2.28. The molecular weight excluding hydrogens is 230 g/mol. The molecule has 1 aliphatic carbocycles. The second-order valence-electron chi connectivity index (χ2n) is 6.44. The van der Waals surface area contributed by atoms with Crippen molar-refractivity contribution in [3.05, 3.63) is 0 Å². The van der Waals surface area contributed by atoms with E-state index in [1.165, 1.54) is 0 Å². The predicted molar refractivity (Wildman–Crippen MR) is 70.2 cm³/mol. The molecule has 0 bridgehead atoms. The zero-order valence-electron chi connectivity index (χ0n) is 11.9. The molecular formula is C14H25NO3. The van der Waals surface area contributed by atoms with E-state index < -0.39 is 16.9 Å². The molecule has 1 amide bonds. The maximum absolute atomic E-state index is 12.0. The highest BCUT2D eigenvalue weighted by Crippen LogP contribution is 2.34. The number of carbonyl (C=O) groups is 2. The van der Waals surface area contributed by atoms with Crippen LogP contribution in [0.2, 0.25) is 0 Å². The van der Waals surface area contributed by atoms with Crippen LogP contribution < -0.4 is 5.32 Å². The minimum atomic E-state index is -1.05. The minimum absolute atomic E-state index is 0.181. The van der Waals surface area contributed by atoms with Gasteiger partial charge in [0, 0.05) is 5.41 Å². The van der Waals surface area contributed by atoms with Gasteiger partial charge >= 0.3 is 5.97 Å². The van der Waals surface area contributed by atoms with Gasteiger partial charge in [-0.05, 0) is 31.6 Å². The van der Waals surface area contributed by atoms with Crippen molar-refractivity contribution in [3.63, 3.8) is 0 Å². The molecule has 0 aromatic rings. The van der Waals surface area contributed by atoms with Gasteiger partial charge in [0.2, 0.25) is 5.91 Å². The first-order chi connectivity index (χ1) is 8.21. The van der Waals surface area contributed by atoms with Crippen molar-refractivity contribution in [1.82, 2.24) is 5.32 Å². The average molecular weight is 255 g/mol. The fraction of sp³-hybridized carbons (Fsp3) is 0.857. The SMILES string of the molecule is CCC1CCC(NC(=O)C(C)(C)C)(C(=O)O)CC1. The largest absolute Gasteiger partial charge is 0.480 e. The third-order valence-electron chi connectivity index (χ3n) is 3.98. The van der Waals surface area contributed by atoms with Crippen molar-refractivity contribution < 1.29 is 14.7 Å². The van der Waals surface area contributed by atoms with Gasteiger partial charge in [0.25, 0.3) is 0 Å². The van der Waals surface area contributed by atoms with E-state index in [1.54, 1.807) is 20.8 Å². The number of carboxylic acids is 1. The smallest absolute Gasteiger partial charge is 0.329 e. The third kappa shape index (κ3) is 3.24. The first-order valence-electron chi connectivity index (χ1n) is 6.77. The topological polar surface area (TPSA) is 66.4 Å². The number of carbonyl (C=O) groups excluding carboxylic acids is 1. The van der Waals surface area contributed by atoms with Gasteiger partial charge in [-0.2, -0.15) is 0 Å². The van der Waals surface area contributed by atoms with E-state index in [4.69, 9.17) is 0 Å². The van der Waals surface area contributed by atoms with Crippen molar-refractivity contribution in [2.24, 2.45) is 11.3 Å². The Morgan fingerprint density at radius 1 is 1.28 bits per heavy atom. The lowest BCUT2D eigenvalue weighted by Crippen LogP contribution is -2.58. The highest BCUT2D eigenvalue weighted by atomic mass is 16.4. The van der Waals surface area contributed by atoms with Crippen LogP contribution in [-0.2, 0) is 9.59 Å². The quantitative estimate of drug-likeness (QED) is 0.814. The summed E-state index contributed by atoms with van der Waals surface area (Å²) >= 11 is 0. The molecule has 1 saturated carbocycles. The van der Waals surface area contributed by atoms with E-state index in [2.05, 4.69) is 12.2 Å². The summed E-state index contributed by atoms with van der Waals surface area (Å²) in [5.74, 6) is -0.474. The number of hydrogen-bond donors (Lipinski definition) is 2. The Morgan fingerprint density at radius 2 is 1.78 bits per heavy atom. The summed E-state index contributed by atoms with van der Waals surface area (Å²) in [6, 6.07) is 0. The molecule has 0 radical (unpaired) electrons. The lowest BCUT2D eigenvalue weighted by atomic mass is 9.75. The zero-order chi connectivity index (χ0) is 14.0. The lowest BCUT2D eigenvalue weighted by molar-refractivity contribution is -0.151. The van der Waals surface area contributed by atoms with Crippen LogP contribution in [-0.4, -0.2) is 22.5 Å². The molecule has 0 heterocycles. The van der Waals surface area contributed by atoms with Crippen LogP contribution >= 0.6 is 0 Å². The Labute approximate surface area is 109 Å². The molecule has 0 unspecified atom stereocenters. The molecule has 4 heteroatoms. The van der Waals surface area contributed by atoms with E-state index in [9.17, 15) is 14.7 Å². The van der Waals surface area contributed by atoms with Gasteiger partial charge in [-0.25, -0.2) is 4.79 Å². The first-order valence-corrected chi connectivity index (χ1v) is 6.77. The van der Waals surface area contributed by atoms with E-state index in [0.29, 0.717) is 18.8 Å². The van der Waals surface area contributed by atoms with Crippen molar-refractivity contribution in [3.8, 4) is 0 Å². The maximum atomic E-state index is 12.0. The number of carboxylic acid groups (broad SMARTS) is 1. The summed E-state index contributed by atoms with van der Waals surface area (Å²) in [4.78, 5) is 23.5. The Bertz CT molecular complexity index is 322. The van der Waals surface area contributed by atoms with Crippen LogP contribution in [0.15, 0.2) is 0 Å².